The molecule has 0 spiro atoms. The van der Waals surface area contributed by atoms with Crippen LogP contribution in [0.5, 0.6) is 0 Å². The number of nitrogens with one attached hydrogen (secondary N) is 1. The number of nitrogens with zero attached hydrogens (tertiary/aromatic N) is 4. The molecular weight excluding hydrogens is 322 g/mol. The fourth-order valence-electron chi connectivity index (χ4n) is 3.05. The number of hydrazone groups is 1. The van der Waals surface area contributed by atoms with Crippen molar-refractivity contribution in [1.82, 2.24) is 9.99 Å². The molecule has 0 saturated carbocycles. The zero-order chi connectivity index (χ0) is 18.0. The SMILES string of the molecule is C[C@@H]1CN(c2ccc(NC(=O)C3=NN(C)C(=O)CC3)cn2)C[C@H](C)O1. The van der Waals surface area contributed by atoms with Crippen molar-refractivity contribution < 1.29 is 14.3 Å². The topological polar surface area (TPSA) is 87.1 Å². The number of hydrogen-bond donors (Lipinski definition) is 1. The molecule has 25 heavy (non-hydrogen) atoms. The summed E-state index contributed by atoms with van der Waals surface area (Å²) < 4.78 is 5.73. The number of ether oxygens (including phenoxy) is 1. The Kier molecular flexibility index (Phi) is 4.98. The third-order valence-corrected chi connectivity index (χ3v) is 4.22. The number of carbonyl (C=O) groups excluding carboxylic acids is 2. The van der Waals surface area contributed by atoms with Crippen LogP contribution >= 0.6 is 0 Å². The number of carbonyl (C=O) groups is 2. The van der Waals surface area contributed by atoms with Crippen molar-refractivity contribution in [2.45, 2.75) is 38.9 Å². The van der Waals surface area contributed by atoms with E-state index in [-0.39, 0.29) is 24.0 Å². The van der Waals surface area contributed by atoms with Gasteiger partial charge in [0.15, 0.2) is 0 Å². The Morgan fingerprint density at radius 3 is 2.56 bits per heavy atom. The monoisotopic (exact) mass is 345 g/mol. The zero-order valence-corrected chi connectivity index (χ0v) is 14.7. The Labute approximate surface area is 146 Å². The molecule has 0 aliphatic carbocycles. The van der Waals surface area contributed by atoms with Crippen LogP contribution in [0.4, 0.5) is 11.5 Å². The van der Waals surface area contributed by atoms with E-state index in [4.69, 9.17) is 4.74 Å². The van der Waals surface area contributed by atoms with Crippen molar-refractivity contribution in [3.8, 4) is 0 Å². The van der Waals surface area contributed by atoms with Crippen LogP contribution in [-0.2, 0) is 14.3 Å². The highest BCUT2D eigenvalue weighted by molar-refractivity contribution is 6.43. The van der Waals surface area contributed by atoms with Gasteiger partial charge < -0.3 is 15.0 Å². The van der Waals surface area contributed by atoms with Crippen LogP contribution in [0, 0.1) is 0 Å². The van der Waals surface area contributed by atoms with E-state index in [1.54, 1.807) is 13.2 Å². The largest absolute Gasteiger partial charge is 0.372 e. The molecule has 2 amide bonds. The number of amides is 2. The number of hydrogen-bond acceptors (Lipinski definition) is 6. The smallest absolute Gasteiger partial charge is 0.271 e. The molecule has 8 nitrogen and oxygen atoms in total. The van der Waals surface area contributed by atoms with Gasteiger partial charge in [0.1, 0.15) is 11.5 Å². The van der Waals surface area contributed by atoms with Crippen LogP contribution < -0.4 is 10.2 Å². The Hall–Kier alpha value is -2.48. The van der Waals surface area contributed by atoms with Crippen LogP contribution in [0.1, 0.15) is 26.7 Å². The van der Waals surface area contributed by atoms with Gasteiger partial charge in [-0.05, 0) is 26.0 Å². The Bertz CT molecular complexity index is 678. The molecule has 1 aromatic rings. The van der Waals surface area contributed by atoms with Crippen molar-refractivity contribution in [3.05, 3.63) is 18.3 Å². The summed E-state index contributed by atoms with van der Waals surface area (Å²) in [7, 11) is 1.55. The lowest BCUT2D eigenvalue weighted by Gasteiger charge is -2.36. The van der Waals surface area contributed by atoms with Gasteiger partial charge in [0.25, 0.3) is 5.91 Å². The van der Waals surface area contributed by atoms with Gasteiger partial charge in [-0.2, -0.15) is 5.10 Å². The summed E-state index contributed by atoms with van der Waals surface area (Å²) in [5, 5.41) is 8.00. The molecule has 3 rings (SSSR count). The quantitative estimate of drug-likeness (QED) is 0.891. The van der Waals surface area contributed by atoms with E-state index in [9.17, 15) is 9.59 Å². The fourth-order valence-corrected chi connectivity index (χ4v) is 3.05. The Morgan fingerprint density at radius 2 is 1.96 bits per heavy atom. The summed E-state index contributed by atoms with van der Waals surface area (Å²) in [6.45, 7) is 5.67. The average molecular weight is 345 g/mol. The average Bonchev–Trinajstić information content (AvgIpc) is 2.57. The molecular formula is C17H23N5O3. The second kappa shape index (κ2) is 7.18. The summed E-state index contributed by atoms with van der Waals surface area (Å²) in [5.74, 6) is 0.472. The highest BCUT2D eigenvalue weighted by atomic mass is 16.5. The molecule has 0 aromatic carbocycles. The molecule has 134 valence electrons. The number of morpholine rings is 1. The van der Waals surface area contributed by atoms with Crippen molar-refractivity contribution in [2.75, 3.05) is 30.4 Å². The minimum Gasteiger partial charge on any atom is -0.372 e. The van der Waals surface area contributed by atoms with Gasteiger partial charge in [-0.3, -0.25) is 9.59 Å². The first-order valence-electron chi connectivity index (χ1n) is 8.44. The lowest BCUT2D eigenvalue weighted by molar-refractivity contribution is -0.130. The highest BCUT2D eigenvalue weighted by Crippen LogP contribution is 2.20. The van der Waals surface area contributed by atoms with E-state index in [1.165, 1.54) is 5.01 Å². The molecule has 8 heteroatoms. The van der Waals surface area contributed by atoms with Crippen LogP contribution in [-0.4, -0.2) is 59.9 Å². The lowest BCUT2D eigenvalue weighted by atomic mass is 10.1. The molecule has 1 saturated heterocycles. The second-order valence-corrected chi connectivity index (χ2v) is 6.49. The highest BCUT2D eigenvalue weighted by Gasteiger charge is 2.24. The first-order valence-corrected chi connectivity index (χ1v) is 8.44. The molecule has 2 aliphatic heterocycles. The van der Waals surface area contributed by atoms with E-state index >= 15 is 0 Å². The summed E-state index contributed by atoms with van der Waals surface area (Å²) in [6.07, 6.45) is 2.61. The molecule has 0 bridgehead atoms. The fraction of sp³-hybridized carbons (Fsp3) is 0.529. The van der Waals surface area contributed by atoms with Gasteiger partial charge in [0.2, 0.25) is 5.91 Å². The summed E-state index contributed by atoms with van der Waals surface area (Å²) in [5.41, 5.74) is 0.951. The van der Waals surface area contributed by atoms with Crippen molar-refractivity contribution in [3.63, 3.8) is 0 Å². The van der Waals surface area contributed by atoms with Crippen LogP contribution in [0.25, 0.3) is 0 Å². The molecule has 3 heterocycles. The Balaban J connectivity index is 1.64. The normalized spacial score (nSPS) is 24.1. The molecule has 1 N–H and O–H groups in total. The minimum atomic E-state index is -0.303. The molecule has 0 radical (unpaired) electrons. The van der Waals surface area contributed by atoms with Crippen molar-refractivity contribution in [2.24, 2.45) is 5.10 Å². The van der Waals surface area contributed by atoms with Crippen LogP contribution in [0.2, 0.25) is 0 Å². The van der Waals surface area contributed by atoms with E-state index in [2.05, 4.69) is 20.3 Å². The van der Waals surface area contributed by atoms with Crippen molar-refractivity contribution in [1.29, 1.82) is 0 Å². The first kappa shape index (κ1) is 17.3. The first-order chi connectivity index (χ1) is 11.9. The number of aromatic nitrogens is 1. The maximum atomic E-state index is 12.3. The van der Waals surface area contributed by atoms with Gasteiger partial charge in [-0.1, -0.05) is 0 Å². The van der Waals surface area contributed by atoms with Crippen LogP contribution in [0.3, 0.4) is 0 Å². The summed E-state index contributed by atoms with van der Waals surface area (Å²) in [6, 6.07) is 3.71. The van der Waals surface area contributed by atoms with Gasteiger partial charge in [-0.25, -0.2) is 9.99 Å². The lowest BCUT2D eigenvalue weighted by Crippen LogP contribution is -2.45. The summed E-state index contributed by atoms with van der Waals surface area (Å²) in [4.78, 5) is 30.3. The maximum absolute atomic E-state index is 12.3. The predicted molar refractivity (Wildman–Crippen MR) is 94.5 cm³/mol. The second-order valence-electron chi connectivity index (χ2n) is 6.49. The van der Waals surface area contributed by atoms with E-state index in [0.717, 1.165) is 18.9 Å². The molecule has 2 atom stereocenters. The summed E-state index contributed by atoms with van der Waals surface area (Å²) >= 11 is 0. The molecule has 0 unspecified atom stereocenters. The van der Waals surface area contributed by atoms with Crippen molar-refractivity contribution >= 4 is 29.0 Å². The predicted octanol–water partition coefficient (Wildman–Crippen LogP) is 1.24. The number of pyridine rings is 1. The zero-order valence-electron chi connectivity index (χ0n) is 14.7. The maximum Gasteiger partial charge on any atom is 0.271 e. The van der Waals surface area contributed by atoms with E-state index < -0.39 is 0 Å². The van der Waals surface area contributed by atoms with Gasteiger partial charge in [-0.15, -0.1) is 0 Å². The van der Waals surface area contributed by atoms with Gasteiger partial charge >= 0.3 is 0 Å². The molecule has 1 aromatic heterocycles. The standard InChI is InChI=1S/C17H23N5O3/c1-11-9-22(10-12(2)25-11)15-6-4-13(8-18-15)19-17(24)14-5-7-16(23)21(3)20-14/h4,6,8,11-12H,5,7,9-10H2,1-3H3,(H,19,24)/t11-,12+. The number of rotatable bonds is 3. The van der Waals surface area contributed by atoms with E-state index in [0.29, 0.717) is 24.2 Å². The number of anilines is 2. The minimum absolute atomic E-state index is 0.0865. The third kappa shape index (κ3) is 4.14. The van der Waals surface area contributed by atoms with Gasteiger partial charge in [0.05, 0.1) is 24.1 Å². The van der Waals surface area contributed by atoms with Crippen LogP contribution in [0.15, 0.2) is 23.4 Å². The molecule has 1 fully saturated rings. The van der Waals surface area contributed by atoms with E-state index in [1.807, 2.05) is 26.0 Å². The third-order valence-electron chi connectivity index (χ3n) is 4.22. The Morgan fingerprint density at radius 1 is 1.24 bits per heavy atom. The van der Waals surface area contributed by atoms with Gasteiger partial charge in [0, 0.05) is 33.0 Å². The molecule has 2 aliphatic rings.